The fourth-order valence-corrected chi connectivity index (χ4v) is 3.97. The standard InChI is InChI=1S/C22H23Br2F2N3/c1-2-3-4-5-6-7-12-29-21(17-10-8-15(23)13-19(17)25)27-28-22(29)18-11-9-16(24)14-20(18)26/h8-11,13-14H,2-7,12H2,1H3. The molecule has 3 nitrogen and oxygen atoms in total. The summed E-state index contributed by atoms with van der Waals surface area (Å²) in [6.45, 7) is 2.80. The number of hydrogen-bond donors (Lipinski definition) is 0. The molecule has 0 fully saturated rings. The van der Waals surface area contributed by atoms with Crippen molar-refractivity contribution in [1.82, 2.24) is 14.8 Å². The predicted octanol–water partition coefficient (Wildman–Crippen LogP) is 7.78. The number of hydrogen-bond acceptors (Lipinski definition) is 2. The first-order valence-electron chi connectivity index (χ1n) is 9.85. The minimum atomic E-state index is -0.390. The van der Waals surface area contributed by atoms with Crippen LogP contribution in [0.3, 0.4) is 0 Å². The largest absolute Gasteiger partial charge is 0.307 e. The van der Waals surface area contributed by atoms with E-state index in [1.54, 1.807) is 24.3 Å². The van der Waals surface area contributed by atoms with Crippen molar-refractivity contribution >= 4 is 31.9 Å². The molecule has 29 heavy (non-hydrogen) atoms. The lowest BCUT2D eigenvalue weighted by atomic mass is 10.1. The highest BCUT2D eigenvalue weighted by molar-refractivity contribution is 9.10. The second kappa shape index (κ2) is 10.4. The Balaban J connectivity index is 1.94. The first-order chi connectivity index (χ1) is 14.0. The Hall–Kier alpha value is -1.60. The SMILES string of the molecule is CCCCCCCCn1c(-c2ccc(Br)cc2F)nnc1-c1ccc(Br)cc1F. The lowest BCUT2D eigenvalue weighted by molar-refractivity contribution is 0.558. The third-order valence-electron chi connectivity index (χ3n) is 4.83. The molecule has 0 unspecified atom stereocenters. The van der Waals surface area contributed by atoms with Crippen LogP contribution >= 0.6 is 31.9 Å². The van der Waals surface area contributed by atoms with Gasteiger partial charge in [-0.25, -0.2) is 8.78 Å². The van der Waals surface area contributed by atoms with Gasteiger partial charge in [0.2, 0.25) is 0 Å². The van der Waals surface area contributed by atoms with Crippen LogP contribution in [0, 0.1) is 11.6 Å². The first-order valence-corrected chi connectivity index (χ1v) is 11.4. The van der Waals surface area contributed by atoms with Crippen LogP contribution in [-0.4, -0.2) is 14.8 Å². The van der Waals surface area contributed by atoms with Crippen LogP contribution in [0.25, 0.3) is 22.8 Å². The summed E-state index contributed by atoms with van der Waals surface area (Å²) in [5.74, 6) is 0.0550. The first kappa shape index (κ1) is 22.1. The average Bonchev–Trinajstić information content (AvgIpc) is 3.08. The van der Waals surface area contributed by atoms with Gasteiger partial charge in [0.1, 0.15) is 11.6 Å². The summed E-state index contributed by atoms with van der Waals surface area (Å²) in [6.07, 6.45) is 6.75. The van der Waals surface area contributed by atoms with E-state index < -0.39 is 11.6 Å². The summed E-state index contributed by atoms with van der Waals surface area (Å²) in [4.78, 5) is 0. The van der Waals surface area contributed by atoms with Gasteiger partial charge in [0.15, 0.2) is 11.6 Å². The Bertz CT molecular complexity index is 904. The lowest BCUT2D eigenvalue weighted by Crippen LogP contribution is -2.05. The number of aromatic nitrogens is 3. The van der Waals surface area contributed by atoms with Crippen molar-refractivity contribution in [3.63, 3.8) is 0 Å². The van der Waals surface area contributed by atoms with Gasteiger partial charge < -0.3 is 4.57 Å². The summed E-state index contributed by atoms with van der Waals surface area (Å²) in [5, 5.41) is 8.45. The molecule has 1 heterocycles. The number of halogens is 4. The number of benzene rings is 2. The van der Waals surface area contributed by atoms with Gasteiger partial charge >= 0.3 is 0 Å². The summed E-state index contributed by atoms with van der Waals surface area (Å²) in [6, 6.07) is 9.67. The highest BCUT2D eigenvalue weighted by Crippen LogP contribution is 2.30. The van der Waals surface area contributed by atoms with Crippen molar-refractivity contribution in [3.05, 3.63) is 57.0 Å². The van der Waals surface area contributed by atoms with Crippen LogP contribution in [-0.2, 0) is 6.54 Å². The van der Waals surface area contributed by atoms with Gasteiger partial charge in [-0.2, -0.15) is 0 Å². The molecule has 0 bridgehead atoms. The molecule has 0 aliphatic heterocycles. The fourth-order valence-electron chi connectivity index (χ4n) is 3.31. The number of rotatable bonds is 9. The zero-order valence-electron chi connectivity index (χ0n) is 16.3. The van der Waals surface area contributed by atoms with Gasteiger partial charge in [-0.1, -0.05) is 70.9 Å². The molecular weight excluding hydrogens is 504 g/mol. The molecule has 2 aromatic carbocycles. The van der Waals surface area contributed by atoms with Crippen LogP contribution in [0.2, 0.25) is 0 Å². The second-order valence-corrected chi connectivity index (χ2v) is 8.85. The third kappa shape index (κ3) is 5.51. The maximum atomic E-state index is 14.6. The number of nitrogens with zero attached hydrogens (tertiary/aromatic N) is 3. The van der Waals surface area contributed by atoms with Gasteiger partial charge in [-0.3, -0.25) is 0 Å². The summed E-state index contributed by atoms with van der Waals surface area (Å²) < 4.78 is 32.3. The van der Waals surface area contributed by atoms with Crippen LogP contribution in [0.1, 0.15) is 45.4 Å². The van der Waals surface area contributed by atoms with Crippen molar-refractivity contribution in [3.8, 4) is 22.8 Å². The summed E-state index contributed by atoms with van der Waals surface area (Å²) >= 11 is 6.56. The van der Waals surface area contributed by atoms with Crippen LogP contribution < -0.4 is 0 Å². The van der Waals surface area contributed by atoms with Crippen LogP contribution in [0.15, 0.2) is 45.3 Å². The Morgan fingerprint density at radius 3 is 1.72 bits per heavy atom. The molecule has 154 valence electrons. The van der Waals surface area contributed by atoms with E-state index in [1.165, 1.54) is 31.4 Å². The van der Waals surface area contributed by atoms with Crippen molar-refractivity contribution in [2.24, 2.45) is 0 Å². The van der Waals surface area contributed by atoms with E-state index in [2.05, 4.69) is 49.0 Å². The number of unbranched alkanes of at least 4 members (excludes halogenated alkanes) is 5. The average molecular weight is 527 g/mol. The molecule has 0 atom stereocenters. The molecule has 0 aliphatic rings. The normalized spacial score (nSPS) is 11.2. The maximum Gasteiger partial charge on any atom is 0.167 e. The Morgan fingerprint density at radius 1 is 0.759 bits per heavy atom. The van der Waals surface area contributed by atoms with Crippen molar-refractivity contribution in [2.45, 2.75) is 52.0 Å². The second-order valence-electron chi connectivity index (χ2n) is 7.01. The van der Waals surface area contributed by atoms with Gasteiger partial charge in [0, 0.05) is 15.5 Å². The highest BCUT2D eigenvalue weighted by atomic mass is 79.9. The van der Waals surface area contributed by atoms with E-state index in [9.17, 15) is 8.78 Å². The van der Waals surface area contributed by atoms with E-state index in [4.69, 9.17) is 0 Å². The third-order valence-corrected chi connectivity index (χ3v) is 5.82. The van der Waals surface area contributed by atoms with E-state index in [0.717, 1.165) is 19.3 Å². The highest BCUT2D eigenvalue weighted by Gasteiger charge is 2.20. The quantitative estimate of drug-likeness (QED) is 0.266. The minimum Gasteiger partial charge on any atom is -0.307 e. The molecule has 3 aromatic rings. The lowest BCUT2D eigenvalue weighted by Gasteiger charge is -2.12. The maximum absolute atomic E-state index is 14.6. The van der Waals surface area contributed by atoms with Gasteiger partial charge in [0.25, 0.3) is 0 Å². The van der Waals surface area contributed by atoms with Crippen molar-refractivity contribution < 1.29 is 8.78 Å². The smallest absolute Gasteiger partial charge is 0.167 e. The monoisotopic (exact) mass is 525 g/mol. The molecule has 3 rings (SSSR count). The summed E-state index contributed by atoms with van der Waals surface area (Å²) in [7, 11) is 0. The van der Waals surface area contributed by atoms with Crippen LogP contribution in [0.5, 0.6) is 0 Å². The van der Waals surface area contributed by atoms with E-state index in [0.29, 0.717) is 38.3 Å². The zero-order chi connectivity index (χ0) is 20.8. The molecule has 7 heteroatoms. The summed E-state index contributed by atoms with van der Waals surface area (Å²) in [5.41, 5.74) is 0.714. The van der Waals surface area contributed by atoms with Gasteiger partial charge in [-0.15, -0.1) is 10.2 Å². The Kier molecular flexibility index (Phi) is 7.95. The van der Waals surface area contributed by atoms with E-state index in [-0.39, 0.29) is 0 Å². The van der Waals surface area contributed by atoms with Gasteiger partial charge in [0.05, 0.1) is 11.1 Å². The molecule has 0 spiro atoms. The molecule has 0 amide bonds. The van der Waals surface area contributed by atoms with Gasteiger partial charge in [-0.05, 0) is 42.8 Å². The molecule has 1 aromatic heterocycles. The molecule has 0 aliphatic carbocycles. The molecule has 0 radical (unpaired) electrons. The van der Waals surface area contributed by atoms with E-state index in [1.807, 2.05) is 4.57 Å². The minimum absolute atomic E-state index is 0.357. The topological polar surface area (TPSA) is 30.7 Å². The van der Waals surface area contributed by atoms with Crippen molar-refractivity contribution in [1.29, 1.82) is 0 Å². The molecular formula is C22H23Br2F2N3. The Labute approximate surface area is 186 Å². The molecule has 0 saturated heterocycles. The molecule has 0 N–H and O–H groups in total. The molecule has 0 saturated carbocycles. The zero-order valence-corrected chi connectivity index (χ0v) is 19.4. The predicted molar refractivity (Wildman–Crippen MR) is 120 cm³/mol. The van der Waals surface area contributed by atoms with Crippen molar-refractivity contribution in [2.75, 3.05) is 0 Å². The fraction of sp³-hybridized carbons (Fsp3) is 0.364. The Morgan fingerprint density at radius 2 is 1.24 bits per heavy atom. The van der Waals surface area contributed by atoms with Crippen LogP contribution in [0.4, 0.5) is 8.78 Å². The van der Waals surface area contributed by atoms with E-state index >= 15 is 0 Å².